The smallest absolute Gasteiger partial charge is 0.870 e. The van der Waals surface area contributed by atoms with Gasteiger partial charge in [-0.1, -0.05) is 14.9 Å². The second-order valence-electron chi connectivity index (χ2n) is 17.3. The van der Waals surface area contributed by atoms with Crippen LogP contribution in [0.5, 0.6) is 0 Å². The van der Waals surface area contributed by atoms with Gasteiger partial charge in [-0.3, -0.25) is 0 Å². The van der Waals surface area contributed by atoms with Crippen LogP contribution in [0.4, 0.5) is 0 Å². The fourth-order valence-corrected chi connectivity index (χ4v) is 73.8. The Kier molecular flexibility index (Phi) is 71.1. The van der Waals surface area contributed by atoms with E-state index in [1.807, 2.05) is 0 Å². The first-order valence-electron chi connectivity index (χ1n) is 23.4. The molecule has 340 valence electrons. The predicted octanol–water partition coefficient (Wildman–Crippen LogP) is 18.8. The van der Waals surface area contributed by atoms with Crippen LogP contribution in [0.15, 0.2) is 0 Å². The quantitative estimate of drug-likeness (QED) is 0.0629. The standard InChI is InChI=1S/10C4H9.2CH4.4CH3.H2O.3O.5Sn/c10*1-3-4-2;;;;;;;;;;;;;;;/h10*1,3-4H2,2H3;2*1H4;4*1H3;1H2;;;;;;;;/p-1. The van der Waals surface area contributed by atoms with Gasteiger partial charge in [0.25, 0.3) is 0 Å². The summed E-state index contributed by atoms with van der Waals surface area (Å²) in [6.07, 6.45) is 26.4. The molecule has 0 heterocycles. The van der Waals surface area contributed by atoms with Gasteiger partial charge in [0, 0.05) is 0 Å². The molecule has 0 atom stereocenters. The molecule has 55 heavy (non-hydrogen) atoms. The molecule has 0 aromatic carbocycles. The largest absolute Gasteiger partial charge is 0.870 e. The molecule has 0 bridgehead atoms. The Morgan fingerprint density at radius 3 is 0.709 bits per heavy atom. The molecule has 0 spiro atoms. The Bertz CT molecular complexity index is 658. The molecule has 9 heteroatoms. The zero-order chi connectivity index (χ0) is 40.6. The first-order chi connectivity index (χ1) is 24.7. The van der Waals surface area contributed by atoms with Gasteiger partial charge in [-0.2, -0.15) is 0 Å². The fourth-order valence-electron chi connectivity index (χ4n) is 6.43. The Morgan fingerprint density at radius 2 is 0.527 bits per heavy atom. The molecule has 0 aliphatic heterocycles. The predicted molar refractivity (Wildman–Crippen MR) is 267 cm³/mol. The molecule has 0 fully saturated rings. The maximum Gasteiger partial charge on any atom is -0.870 e. The van der Waals surface area contributed by atoms with E-state index in [-0.39, 0.29) is 20.3 Å². The monoisotopic (exact) mass is 1330 g/mol. The van der Waals surface area contributed by atoms with Gasteiger partial charge in [-0.05, 0) is 0 Å². The molecule has 0 aliphatic rings. The number of unbranched alkanes of at least 4 members (excludes halogenated alkanes) is 10. The van der Waals surface area contributed by atoms with Crippen molar-refractivity contribution in [3.05, 3.63) is 0 Å². The summed E-state index contributed by atoms with van der Waals surface area (Å²) in [5, 5.41) is 0. The Balaban J connectivity index is -0.000000117. The van der Waals surface area contributed by atoms with Crippen LogP contribution < -0.4 is 0 Å². The minimum atomic E-state index is -2.26. The Hall–Kier alpha value is 3.51. The van der Waals surface area contributed by atoms with E-state index < -0.39 is 95.5 Å². The van der Waals surface area contributed by atoms with Gasteiger partial charge in [-0.25, -0.2) is 0 Å². The van der Waals surface area contributed by atoms with Gasteiger partial charge < -0.3 is 5.48 Å². The van der Waals surface area contributed by atoms with E-state index in [9.17, 15) is 6.15 Å². The van der Waals surface area contributed by atoms with Gasteiger partial charge in [0.1, 0.15) is 0 Å². The Morgan fingerprint density at radius 1 is 0.345 bits per heavy atom. The van der Waals surface area contributed by atoms with E-state index in [0.717, 1.165) is 17.7 Å². The van der Waals surface area contributed by atoms with Gasteiger partial charge in [-0.15, -0.1) is 0 Å². The van der Waals surface area contributed by atoms with Crippen molar-refractivity contribution in [3.63, 3.8) is 0 Å². The van der Waals surface area contributed by atoms with Crippen molar-refractivity contribution < 1.29 is 13.0 Å². The summed E-state index contributed by atoms with van der Waals surface area (Å²) >= 11 is -9.93. The number of rotatable bonds is 32. The topological polar surface area (TPSA) is 73.4 Å². The van der Waals surface area contributed by atoms with Crippen LogP contribution in [0, 0.1) is 0 Å². The minimum Gasteiger partial charge on any atom is -0.870 e. The summed E-state index contributed by atoms with van der Waals surface area (Å²) in [6, 6.07) is 0. The average Bonchev–Trinajstić information content (AvgIpc) is 3.13. The SMILES string of the molecule is C.C.CCC[CH2][Sn](=[O])[CH2]CCC.CCC[CH2][Sn](=[O])[CH2]CCC.CCC[CH2][Sn]([CH3])([CH2]CCC)[O][Sn]([CH3])([CH2]CCC)[CH2]CCC.CCC[CH2][Sn]([CH3])([CH3])[CH2]CCC.[OH-]. The van der Waals surface area contributed by atoms with Crippen LogP contribution in [-0.4, -0.2) is 101 Å². The van der Waals surface area contributed by atoms with Crippen molar-refractivity contribution in [2.45, 2.75) is 277 Å². The fraction of sp³-hybridized carbons (Fsp3) is 1.00. The van der Waals surface area contributed by atoms with E-state index in [0.29, 0.717) is 0 Å². The molecule has 0 unspecified atom stereocenters. The maximum atomic E-state index is 11.2. The van der Waals surface area contributed by atoms with Crippen LogP contribution in [0.25, 0.3) is 0 Å². The summed E-state index contributed by atoms with van der Waals surface area (Å²) in [4.78, 5) is 10.5. The molecule has 0 rings (SSSR count). The van der Waals surface area contributed by atoms with Gasteiger partial charge in [0.2, 0.25) is 0 Å². The third-order valence-corrected chi connectivity index (χ3v) is 68.3. The molecule has 0 aromatic rings. The van der Waals surface area contributed by atoms with E-state index in [2.05, 4.69) is 89.0 Å². The molecular formula is C46H111O4Sn5-. The van der Waals surface area contributed by atoms with Gasteiger partial charge in [0.15, 0.2) is 0 Å². The van der Waals surface area contributed by atoms with Crippen molar-refractivity contribution in [2.75, 3.05) is 0 Å². The summed E-state index contributed by atoms with van der Waals surface area (Å²) in [5.74, 6) is 0. The number of hydrogen-bond donors (Lipinski definition) is 0. The molecule has 0 aliphatic carbocycles. The number of hydrogen-bond acceptors (Lipinski definition) is 4. The molecule has 0 amide bonds. The van der Waals surface area contributed by atoms with E-state index in [4.69, 9.17) is 1.41 Å². The van der Waals surface area contributed by atoms with E-state index >= 15 is 0 Å². The zero-order valence-electron chi connectivity index (χ0n) is 39.4. The van der Waals surface area contributed by atoms with E-state index in [1.165, 1.54) is 146 Å². The summed E-state index contributed by atoms with van der Waals surface area (Å²) in [7, 11) is 0. The van der Waals surface area contributed by atoms with Crippen molar-refractivity contribution in [3.8, 4) is 0 Å². The molecule has 0 aromatic heterocycles. The van der Waals surface area contributed by atoms with Gasteiger partial charge >= 0.3 is 365 Å². The third kappa shape index (κ3) is 57.5. The van der Waals surface area contributed by atoms with Crippen LogP contribution in [0.1, 0.15) is 213 Å². The zero-order valence-corrected chi connectivity index (χ0v) is 53.7. The van der Waals surface area contributed by atoms with Crippen molar-refractivity contribution in [1.82, 2.24) is 0 Å². The van der Waals surface area contributed by atoms with Crippen LogP contribution >= 0.6 is 0 Å². The van der Waals surface area contributed by atoms with Crippen molar-refractivity contribution in [2.24, 2.45) is 0 Å². The summed E-state index contributed by atoms with van der Waals surface area (Å²) in [5.41, 5.74) is 0. The molecule has 1 N–H and O–H groups in total. The third-order valence-electron chi connectivity index (χ3n) is 10.4. The normalized spacial score (nSPS) is 10.9. The van der Waals surface area contributed by atoms with Crippen LogP contribution in [0.2, 0.25) is 64.1 Å². The van der Waals surface area contributed by atoms with Crippen LogP contribution in [0.3, 0.4) is 0 Å². The maximum absolute atomic E-state index is 11.2. The molecule has 0 saturated carbocycles. The second-order valence-corrected chi connectivity index (χ2v) is 71.1. The van der Waals surface area contributed by atoms with Crippen molar-refractivity contribution >= 4 is 95.5 Å². The Labute approximate surface area is 380 Å². The first kappa shape index (κ1) is 72.9. The molecular weight excluding hydrogens is 1210 g/mol. The molecule has 4 nitrogen and oxygen atoms in total. The molecule has 0 radical (unpaired) electrons. The summed E-state index contributed by atoms with van der Waals surface area (Å²) < 4.78 is 43.2. The molecule has 0 saturated heterocycles. The van der Waals surface area contributed by atoms with Crippen LogP contribution in [-0.2, 0) is 7.57 Å². The van der Waals surface area contributed by atoms with Gasteiger partial charge in [0.05, 0.1) is 0 Å². The summed E-state index contributed by atoms with van der Waals surface area (Å²) in [6.45, 7) is 22.6. The minimum absolute atomic E-state index is 0. The van der Waals surface area contributed by atoms with Crippen molar-refractivity contribution in [1.29, 1.82) is 0 Å². The second kappa shape index (κ2) is 53.6. The first-order valence-corrected chi connectivity index (χ1v) is 59.7. The average molecular weight is 1320 g/mol. The van der Waals surface area contributed by atoms with E-state index in [1.54, 1.807) is 8.87 Å².